The van der Waals surface area contributed by atoms with Crippen molar-refractivity contribution in [2.75, 3.05) is 6.61 Å². The van der Waals surface area contributed by atoms with Crippen molar-refractivity contribution in [3.63, 3.8) is 0 Å². The third kappa shape index (κ3) is 4.99. The molecule has 14 heavy (non-hydrogen) atoms. The average Bonchev–Trinajstić information content (AvgIpc) is 1.92. The molecule has 0 aliphatic rings. The average molecular weight is 242 g/mol. The Bertz CT molecular complexity index is 185. The van der Waals surface area contributed by atoms with E-state index >= 15 is 0 Å². The maximum Gasteiger partial charge on any atom is 0.290 e. The summed E-state index contributed by atoms with van der Waals surface area (Å²) in [5.41, 5.74) is 0. The van der Waals surface area contributed by atoms with E-state index in [2.05, 4.69) is 0 Å². The van der Waals surface area contributed by atoms with Gasteiger partial charge in [-0.3, -0.25) is 0 Å². The van der Waals surface area contributed by atoms with Gasteiger partial charge in [-0.05, 0) is 6.42 Å². The summed E-state index contributed by atoms with van der Waals surface area (Å²) in [4.78, 5) is 0. The highest BCUT2D eigenvalue weighted by Gasteiger charge is 2.69. The number of halogens is 5. The minimum Gasteiger partial charge on any atom is -0.395 e. The predicted molar refractivity (Wildman–Crippen MR) is 48.1 cm³/mol. The first-order chi connectivity index (χ1) is 6.01. The van der Waals surface area contributed by atoms with Crippen LogP contribution in [-0.4, -0.2) is 17.0 Å². The van der Waals surface area contributed by atoms with E-state index in [1.54, 1.807) is 6.92 Å². The second-order valence-electron chi connectivity index (χ2n) is 3.33. The first-order valence-electron chi connectivity index (χ1n) is 4.35. The lowest BCUT2D eigenvalue weighted by Gasteiger charge is -2.46. The number of hydrogen-bond donors (Lipinski definition) is 1. The van der Waals surface area contributed by atoms with Gasteiger partial charge in [0.1, 0.15) is 5.25 Å². The minimum absolute atomic E-state index is 0.0628. The van der Waals surface area contributed by atoms with E-state index in [4.69, 9.17) is 5.11 Å². The molecule has 0 radical (unpaired) electrons. The fourth-order valence-electron chi connectivity index (χ4n) is 1.08. The molecule has 0 aromatic carbocycles. The topological polar surface area (TPSA) is 20.2 Å². The molecule has 0 saturated carbocycles. The van der Waals surface area contributed by atoms with E-state index < -0.39 is 28.5 Å². The van der Waals surface area contributed by atoms with Gasteiger partial charge in [-0.25, -0.2) is 0 Å². The lowest BCUT2D eigenvalue weighted by molar-refractivity contribution is 0.243. The Kier molecular flexibility index (Phi) is 3.51. The number of unbranched alkanes of at least 4 members (excludes halogenated alkanes) is 2. The van der Waals surface area contributed by atoms with Gasteiger partial charge in [0.25, 0.3) is 10.2 Å². The zero-order valence-corrected chi connectivity index (χ0v) is 8.67. The molecule has 1 unspecified atom stereocenters. The van der Waals surface area contributed by atoms with Crippen molar-refractivity contribution >= 4 is 10.2 Å². The van der Waals surface area contributed by atoms with Crippen molar-refractivity contribution in [2.45, 2.75) is 37.9 Å². The number of rotatable bonds is 6. The van der Waals surface area contributed by atoms with Crippen molar-refractivity contribution in [3.05, 3.63) is 0 Å². The van der Waals surface area contributed by atoms with Crippen molar-refractivity contribution in [3.8, 4) is 0 Å². The third-order valence-electron chi connectivity index (χ3n) is 1.96. The Morgan fingerprint density at radius 3 is 1.86 bits per heavy atom. The largest absolute Gasteiger partial charge is 0.395 e. The van der Waals surface area contributed by atoms with Crippen molar-refractivity contribution in [1.82, 2.24) is 0 Å². The van der Waals surface area contributed by atoms with Gasteiger partial charge in [0, 0.05) is 0 Å². The predicted octanol–water partition coefficient (Wildman–Crippen LogP) is 4.23. The summed E-state index contributed by atoms with van der Waals surface area (Å²) < 4.78 is 60.7. The smallest absolute Gasteiger partial charge is 0.290 e. The second kappa shape index (κ2) is 3.52. The summed E-state index contributed by atoms with van der Waals surface area (Å²) in [5.74, 6) is 0. The zero-order valence-electron chi connectivity index (χ0n) is 7.86. The molecule has 7 heteroatoms. The maximum atomic E-state index is 12.1. The lowest BCUT2D eigenvalue weighted by atomic mass is 10.2. The van der Waals surface area contributed by atoms with Crippen molar-refractivity contribution in [1.29, 1.82) is 0 Å². The Labute approximate surface area is 80.0 Å². The van der Waals surface area contributed by atoms with Crippen molar-refractivity contribution < 1.29 is 24.5 Å². The summed E-state index contributed by atoms with van der Waals surface area (Å²) >= 11 is 0. The molecule has 0 aliphatic heterocycles. The molecule has 1 nitrogen and oxygen atoms in total. The van der Waals surface area contributed by atoms with Crippen LogP contribution in [0.2, 0.25) is 0 Å². The molecule has 0 amide bonds. The molecule has 90 valence electrons. The SMILES string of the molecule is CCCCCC(CO)S(F)(F)(F)(F)F. The summed E-state index contributed by atoms with van der Waals surface area (Å²) in [6.07, 6.45) is 0.485. The second-order valence-corrected chi connectivity index (χ2v) is 6.05. The molecule has 0 rings (SSSR count). The van der Waals surface area contributed by atoms with Gasteiger partial charge in [0.05, 0.1) is 6.61 Å². The van der Waals surface area contributed by atoms with Crippen molar-refractivity contribution in [2.24, 2.45) is 0 Å². The van der Waals surface area contributed by atoms with E-state index in [0.717, 1.165) is 0 Å². The maximum absolute atomic E-state index is 12.1. The molecule has 1 atom stereocenters. The van der Waals surface area contributed by atoms with E-state index in [9.17, 15) is 19.4 Å². The van der Waals surface area contributed by atoms with Gasteiger partial charge < -0.3 is 5.11 Å². The Morgan fingerprint density at radius 1 is 1.07 bits per heavy atom. The highest BCUT2D eigenvalue weighted by molar-refractivity contribution is 8.46. The van der Waals surface area contributed by atoms with E-state index in [1.165, 1.54) is 0 Å². The first-order valence-corrected chi connectivity index (χ1v) is 6.36. The molecule has 0 aliphatic carbocycles. The minimum atomic E-state index is -9.48. The van der Waals surface area contributed by atoms with Gasteiger partial charge in [-0.1, -0.05) is 45.6 Å². The molecule has 0 bridgehead atoms. The molecule has 0 fully saturated rings. The van der Waals surface area contributed by atoms with Gasteiger partial charge in [-0.2, -0.15) is 0 Å². The molecule has 0 aromatic rings. The lowest BCUT2D eigenvalue weighted by Crippen LogP contribution is -2.28. The van der Waals surface area contributed by atoms with Crippen LogP contribution in [0.3, 0.4) is 0 Å². The van der Waals surface area contributed by atoms with Crippen LogP contribution in [0.5, 0.6) is 0 Å². The van der Waals surface area contributed by atoms with Crippen LogP contribution in [0.25, 0.3) is 0 Å². The molecule has 0 spiro atoms. The first kappa shape index (κ1) is 14.0. The van der Waals surface area contributed by atoms with Crippen LogP contribution in [0.1, 0.15) is 32.6 Å². The van der Waals surface area contributed by atoms with E-state index in [1.807, 2.05) is 0 Å². The van der Waals surface area contributed by atoms with Gasteiger partial charge >= 0.3 is 0 Å². The van der Waals surface area contributed by atoms with Crippen LogP contribution in [0.4, 0.5) is 19.4 Å². The highest BCUT2D eigenvalue weighted by Crippen LogP contribution is 3.00. The molecular weight excluding hydrogens is 227 g/mol. The van der Waals surface area contributed by atoms with E-state index in [-0.39, 0.29) is 6.42 Å². The summed E-state index contributed by atoms with van der Waals surface area (Å²) in [6.45, 7) is 0.232. The van der Waals surface area contributed by atoms with Crippen LogP contribution in [0.15, 0.2) is 0 Å². The standard InChI is InChI=1S/C7H15F5OS/c1-2-3-4-5-7(6-13)14(8,9,10,11)12/h7,13H,2-6H2,1H3. The summed E-state index contributed by atoms with van der Waals surface area (Å²) in [7, 11) is -9.48. The van der Waals surface area contributed by atoms with Gasteiger partial charge in [0.15, 0.2) is 0 Å². The Balaban J connectivity index is 4.44. The third-order valence-corrected chi connectivity index (χ3v) is 3.61. The van der Waals surface area contributed by atoms with Crippen LogP contribution < -0.4 is 0 Å². The van der Waals surface area contributed by atoms with Crippen LogP contribution >= 0.6 is 10.2 Å². The number of hydrogen-bond acceptors (Lipinski definition) is 1. The van der Waals surface area contributed by atoms with Gasteiger partial charge in [-0.15, -0.1) is 0 Å². The molecule has 0 saturated heterocycles. The molecule has 0 heterocycles. The van der Waals surface area contributed by atoms with Crippen LogP contribution in [0, 0.1) is 0 Å². The fraction of sp³-hybridized carbons (Fsp3) is 1.00. The Morgan fingerprint density at radius 2 is 1.57 bits per heavy atom. The van der Waals surface area contributed by atoms with Crippen LogP contribution in [-0.2, 0) is 0 Å². The summed E-state index contributed by atoms with van der Waals surface area (Å²) in [5, 5.41) is 5.48. The van der Waals surface area contributed by atoms with E-state index in [0.29, 0.717) is 12.8 Å². The number of aliphatic hydroxyl groups is 1. The molecule has 0 aromatic heterocycles. The number of aliphatic hydroxyl groups excluding tert-OH is 1. The van der Waals surface area contributed by atoms with Gasteiger partial charge in [0.2, 0.25) is 0 Å². The quantitative estimate of drug-likeness (QED) is 0.546. The molecular formula is C7H15F5OS. The highest BCUT2D eigenvalue weighted by atomic mass is 32.5. The summed E-state index contributed by atoms with van der Waals surface area (Å²) in [6, 6.07) is 0. The normalized spacial score (nSPS) is 19.9. The fourth-order valence-corrected chi connectivity index (χ4v) is 1.97. The Hall–Kier alpha value is -0.0400. The zero-order chi connectivity index (χ0) is 11.5. The molecule has 1 N–H and O–H groups in total. The monoisotopic (exact) mass is 242 g/mol.